The lowest BCUT2D eigenvalue weighted by molar-refractivity contribution is -0.139. The fourth-order valence-corrected chi connectivity index (χ4v) is 4.80. The van der Waals surface area contributed by atoms with E-state index < -0.39 is 6.04 Å². The number of methoxy groups -OCH3 is 1. The molecule has 2 saturated heterocycles. The highest BCUT2D eigenvalue weighted by Gasteiger charge is 2.33. The Balaban J connectivity index is 1.33. The first-order chi connectivity index (χ1) is 16.2. The van der Waals surface area contributed by atoms with Crippen LogP contribution >= 0.6 is 0 Å². The topological polar surface area (TPSA) is 61.9 Å². The molecule has 33 heavy (non-hydrogen) atoms. The fourth-order valence-electron chi connectivity index (χ4n) is 4.80. The number of rotatable bonds is 7. The molecule has 2 aromatic rings. The maximum Gasteiger partial charge on any atom is 0.237 e. The first-order valence-corrected chi connectivity index (χ1v) is 11.8. The van der Waals surface area contributed by atoms with Crippen molar-refractivity contribution in [2.45, 2.75) is 31.2 Å². The van der Waals surface area contributed by atoms with Crippen LogP contribution in [0.2, 0.25) is 0 Å². The minimum Gasteiger partial charge on any atom is -0.496 e. The Bertz CT molecular complexity index is 968. The second-order valence-electron chi connectivity index (χ2n) is 8.72. The molecule has 0 spiro atoms. The molecule has 2 heterocycles. The van der Waals surface area contributed by atoms with Crippen LogP contribution in [0.25, 0.3) is 6.08 Å². The molecule has 2 fully saturated rings. The van der Waals surface area contributed by atoms with Crippen LogP contribution in [0.4, 0.5) is 0 Å². The van der Waals surface area contributed by atoms with Gasteiger partial charge in [0.05, 0.1) is 19.6 Å². The van der Waals surface area contributed by atoms with Crippen LogP contribution in [0.1, 0.15) is 36.3 Å². The highest BCUT2D eigenvalue weighted by atomic mass is 16.5. The van der Waals surface area contributed by atoms with Gasteiger partial charge in [-0.05, 0) is 30.4 Å². The molecule has 6 heteroatoms. The summed E-state index contributed by atoms with van der Waals surface area (Å²) in [5, 5.41) is 2.93. The van der Waals surface area contributed by atoms with Crippen LogP contribution in [-0.4, -0.2) is 67.5 Å². The van der Waals surface area contributed by atoms with Crippen molar-refractivity contribution in [3.05, 3.63) is 71.8 Å². The molecule has 1 atom stereocenters. The monoisotopic (exact) mass is 447 g/mol. The molecule has 2 aromatic carbocycles. The summed E-state index contributed by atoms with van der Waals surface area (Å²) in [6.07, 6.45) is 6.22. The van der Waals surface area contributed by atoms with Crippen LogP contribution in [0.15, 0.2) is 60.7 Å². The van der Waals surface area contributed by atoms with Crippen LogP contribution < -0.4 is 10.1 Å². The first kappa shape index (κ1) is 23.1. The number of para-hydroxylation sites is 1. The number of hydrogen-bond acceptors (Lipinski definition) is 4. The van der Waals surface area contributed by atoms with Crippen molar-refractivity contribution in [1.82, 2.24) is 15.1 Å². The molecule has 4 rings (SSSR count). The lowest BCUT2D eigenvalue weighted by Crippen LogP contribution is -2.56. The van der Waals surface area contributed by atoms with E-state index in [1.807, 2.05) is 47.4 Å². The molecule has 2 amide bonds. The lowest BCUT2D eigenvalue weighted by atomic mass is 9.89. The molecular weight excluding hydrogens is 414 g/mol. The van der Waals surface area contributed by atoms with E-state index >= 15 is 0 Å². The van der Waals surface area contributed by atoms with Gasteiger partial charge in [-0.25, -0.2) is 0 Å². The Hall–Kier alpha value is -3.12. The molecule has 2 aliphatic heterocycles. The smallest absolute Gasteiger partial charge is 0.237 e. The number of piperazine rings is 1. The van der Waals surface area contributed by atoms with Gasteiger partial charge in [0.1, 0.15) is 5.75 Å². The summed E-state index contributed by atoms with van der Waals surface area (Å²) in [4.78, 5) is 29.7. The van der Waals surface area contributed by atoms with Gasteiger partial charge < -0.3 is 15.0 Å². The number of carbonyl (C=O) groups is 2. The van der Waals surface area contributed by atoms with Gasteiger partial charge >= 0.3 is 0 Å². The standard InChI is InChI=1S/C27H33N3O3/c1-33-25-12-6-5-10-23(25)11-7-16-29-19-15-28-27(32)24(29)20-26(31)30-17-13-22(14-18-30)21-8-3-2-4-9-21/h2-12,22,24H,13-20H2,1H3,(H,28,32)/b11-7+/t24-/m0/s1. The summed E-state index contributed by atoms with van der Waals surface area (Å²) in [5.74, 6) is 1.34. The van der Waals surface area contributed by atoms with E-state index in [2.05, 4.69) is 34.5 Å². The maximum absolute atomic E-state index is 13.1. The minimum atomic E-state index is -0.430. The molecule has 6 nitrogen and oxygen atoms in total. The zero-order valence-corrected chi connectivity index (χ0v) is 19.3. The molecule has 0 saturated carbocycles. The molecule has 0 radical (unpaired) electrons. The third-order valence-corrected chi connectivity index (χ3v) is 6.70. The molecule has 174 valence electrons. The predicted octanol–water partition coefficient (Wildman–Crippen LogP) is 3.31. The van der Waals surface area contributed by atoms with E-state index in [0.717, 1.165) is 43.8 Å². The number of hydrogen-bond donors (Lipinski definition) is 1. The van der Waals surface area contributed by atoms with Crippen LogP contribution in [-0.2, 0) is 9.59 Å². The van der Waals surface area contributed by atoms with Gasteiger partial charge in [0.25, 0.3) is 0 Å². The number of nitrogens with one attached hydrogen (secondary N) is 1. The van der Waals surface area contributed by atoms with Crippen molar-refractivity contribution in [2.24, 2.45) is 0 Å². The summed E-state index contributed by atoms with van der Waals surface area (Å²) >= 11 is 0. The minimum absolute atomic E-state index is 0.0561. The van der Waals surface area contributed by atoms with E-state index in [1.54, 1.807) is 7.11 Å². The molecular formula is C27H33N3O3. The Morgan fingerprint density at radius 3 is 2.55 bits per heavy atom. The zero-order valence-electron chi connectivity index (χ0n) is 19.3. The second-order valence-corrected chi connectivity index (χ2v) is 8.72. The molecule has 0 unspecified atom stereocenters. The van der Waals surface area contributed by atoms with Crippen molar-refractivity contribution in [2.75, 3.05) is 39.8 Å². The Morgan fingerprint density at radius 2 is 1.79 bits per heavy atom. The number of carbonyl (C=O) groups excluding carboxylic acids is 2. The van der Waals surface area contributed by atoms with Crippen molar-refractivity contribution in [3.63, 3.8) is 0 Å². The molecule has 0 aromatic heterocycles. The maximum atomic E-state index is 13.1. The van der Waals surface area contributed by atoms with Crippen LogP contribution in [0.3, 0.4) is 0 Å². The predicted molar refractivity (Wildman–Crippen MR) is 130 cm³/mol. The van der Waals surface area contributed by atoms with Gasteiger partial charge in [-0.1, -0.05) is 60.7 Å². The van der Waals surface area contributed by atoms with Crippen molar-refractivity contribution in [3.8, 4) is 5.75 Å². The Kier molecular flexibility index (Phi) is 7.79. The number of nitrogens with zero attached hydrogens (tertiary/aromatic N) is 2. The van der Waals surface area contributed by atoms with Crippen molar-refractivity contribution >= 4 is 17.9 Å². The fraction of sp³-hybridized carbons (Fsp3) is 0.407. The van der Waals surface area contributed by atoms with Crippen molar-refractivity contribution in [1.29, 1.82) is 0 Å². The molecule has 0 aliphatic carbocycles. The molecule has 1 N–H and O–H groups in total. The van der Waals surface area contributed by atoms with E-state index in [9.17, 15) is 9.59 Å². The van der Waals surface area contributed by atoms with Crippen LogP contribution in [0, 0.1) is 0 Å². The molecule has 2 aliphatic rings. The van der Waals surface area contributed by atoms with E-state index in [0.29, 0.717) is 19.0 Å². The quantitative estimate of drug-likeness (QED) is 0.708. The number of benzene rings is 2. The number of ether oxygens (including phenoxy) is 1. The van der Waals surface area contributed by atoms with Crippen molar-refractivity contribution < 1.29 is 14.3 Å². The Morgan fingerprint density at radius 1 is 1.06 bits per heavy atom. The summed E-state index contributed by atoms with van der Waals surface area (Å²) in [7, 11) is 1.66. The van der Waals surface area contributed by atoms with E-state index in [4.69, 9.17) is 4.74 Å². The number of piperidine rings is 1. The van der Waals surface area contributed by atoms with E-state index in [-0.39, 0.29) is 18.2 Å². The second kappa shape index (κ2) is 11.1. The zero-order chi connectivity index (χ0) is 23.0. The first-order valence-electron chi connectivity index (χ1n) is 11.8. The average Bonchev–Trinajstić information content (AvgIpc) is 2.87. The van der Waals surface area contributed by atoms with Gasteiger partial charge in [0, 0.05) is 38.3 Å². The normalized spacial score (nSPS) is 20.1. The van der Waals surface area contributed by atoms with Gasteiger partial charge in [-0.15, -0.1) is 0 Å². The van der Waals surface area contributed by atoms with Gasteiger partial charge in [0.15, 0.2) is 0 Å². The third kappa shape index (κ3) is 5.82. The number of likely N-dealkylation sites (tertiary alicyclic amines) is 1. The summed E-state index contributed by atoms with van der Waals surface area (Å²) in [6.45, 7) is 3.45. The lowest BCUT2D eigenvalue weighted by Gasteiger charge is -2.37. The highest BCUT2D eigenvalue weighted by Crippen LogP contribution is 2.28. The average molecular weight is 448 g/mol. The van der Waals surface area contributed by atoms with E-state index in [1.165, 1.54) is 5.56 Å². The van der Waals surface area contributed by atoms with Gasteiger partial charge in [-0.3, -0.25) is 14.5 Å². The van der Waals surface area contributed by atoms with Crippen LogP contribution in [0.5, 0.6) is 5.75 Å². The van der Waals surface area contributed by atoms with Gasteiger partial charge in [-0.2, -0.15) is 0 Å². The Labute approximate surface area is 196 Å². The highest BCUT2D eigenvalue weighted by molar-refractivity contribution is 5.89. The largest absolute Gasteiger partial charge is 0.496 e. The third-order valence-electron chi connectivity index (χ3n) is 6.70. The number of amides is 2. The van der Waals surface area contributed by atoms with Gasteiger partial charge in [0.2, 0.25) is 11.8 Å². The SMILES string of the molecule is COc1ccccc1/C=C/CN1CCNC(=O)[C@@H]1CC(=O)N1CCC(c2ccccc2)CC1. The molecule has 0 bridgehead atoms. The summed E-state index contributed by atoms with van der Waals surface area (Å²) in [6, 6.07) is 17.9. The summed E-state index contributed by atoms with van der Waals surface area (Å²) < 4.78 is 5.40. The summed E-state index contributed by atoms with van der Waals surface area (Å²) in [5.41, 5.74) is 2.35.